The molecule has 1 unspecified atom stereocenters. The lowest BCUT2D eigenvalue weighted by molar-refractivity contribution is 0.0635. The van der Waals surface area contributed by atoms with Crippen LogP contribution in [0.1, 0.15) is 74.1 Å². The van der Waals surface area contributed by atoms with E-state index in [0.29, 0.717) is 46.1 Å². The van der Waals surface area contributed by atoms with E-state index in [9.17, 15) is 0 Å². The summed E-state index contributed by atoms with van der Waals surface area (Å²) >= 11 is 0. The quantitative estimate of drug-likeness (QED) is 0.167. The van der Waals surface area contributed by atoms with Crippen LogP contribution in [-0.2, 0) is 26.6 Å². The average molecular weight is 502 g/mol. The fourth-order valence-corrected chi connectivity index (χ4v) is 9.72. The molecule has 0 fully saturated rings. The van der Waals surface area contributed by atoms with Crippen molar-refractivity contribution in [2.24, 2.45) is 0 Å². The zero-order valence-electron chi connectivity index (χ0n) is 22.0. The SMILES string of the molecule is CCO[Si](CCCC#N)(OCC)OCC.CCO[Si](OCC)(OCC)C(CC)C1=CC=CC1. The Kier molecular flexibility index (Phi) is 19.0. The van der Waals surface area contributed by atoms with Crippen LogP contribution in [0.2, 0.25) is 11.6 Å². The third kappa shape index (κ3) is 11.4. The summed E-state index contributed by atoms with van der Waals surface area (Å²) in [6, 6.07) is 2.85. The zero-order valence-corrected chi connectivity index (χ0v) is 24.0. The molecule has 9 heteroatoms. The lowest BCUT2D eigenvalue weighted by Gasteiger charge is -2.35. The lowest BCUT2D eigenvalue weighted by atomic mass is 10.1. The highest BCUT2D eigenvalue weighted by Gasteiger charge is 2.49. The standard InChI is InChI=1S/C14H26O3Si.C10H21NO3Si/c1-5-14(13-11-9-10-12-13)18(15-6-2,16-7-3)17-8-4;1-4-12-15(13-5-2,14-6-3)10-8-7-9-11/h9-11,14H,5-8,12H2,1-4H3;4-8,10H2,1-3H3. The molecule has 0 saturated carbocycles. The third-order valence-electron chi connectivity index (χ3n) is 4.98. The predicted octanol–water partition coefficient (Wildman–Crippen LogP) is 6.04. The first-order valence-corrected chi connectivity index (χ1v) is 16.3. The van der Waals surface area contributed by atoms with Gasteiger partial charge in [0.15, 0.2) is 0 Å². The summed E-state index contributed by atoms with van der Waals surface area (Å²) in [5.74, 6) is 0. The van der Waals surface area contributed by atoms with Crippen LogP contribution in [0.3, 0.4) is 0 Å². The monoisotopic (exact) mass is 501 g/mol. The van der Waals surface area contributed by atoms with Gasteiger partial charge in [-0.15, -0.1) is 0 Å². The number of allylic oxidation sites excluding steroid dienone is 4. The smallest absolute Gasteiger partial charge is 0.374 e. The number of nitrogens with zero attached hydrogens (tertiary/aromatic N) is 1. The number of hydrogen-bond acceptors (Lipinski definition) is 7. The van der Waals surface area contributed by atoms with Crippen LogP contribution in [0.5, 0.6) is 0 Å². The number of hydrogen-bond donors (Lipinski definition) is 0. The van der Waals surface area contributed by atoms with E-state index < -0.39 is 17.6 Å². The van der Waals surface area contributed by atoms with Crippen LogP contribution >= 0.6 is 0 Å². The first kappa shape index (κ1) is 32.2. The molecule has 0 bridgehead atoms. The first-order valence-electron chi connectivity index (χ1n) is 12.5. The summed E-state index contributed by atoms with van der Waals surface area (Å²) in [5.41, 5.74) is 1.67. The Morgan fingerprint density at radius 1 is 0.818 bits per heavy atom. The van der Waals surface area contributed by atoms with E-state index in [1.54, 1.807) is 0 Å². The zero-order chi connectivity index (χ0) is 25.0. The molecule has 1 aliphatic rings. The van der Waals surface area contributed by atoms with Crippen LogP contribution in [-0.4, -0.2) is 57.3 Å². The molecule has 0 saturated heterocycles. The maximum absolute atomic E-state index is 8.50. The third-order valence-corrected chi connectivity index (χ3v) is 11.8. The Morgan fingerprint density at radius 2 is 1.30 bits per heavy atom. The van der Waals surface area contributed by atoms with Crippen LogP contribution in [0.25, 0.3) is 0 Å². The van der Waals surface area contributed by atoms with E-state index in [2.05, 4.69) is 31.2 Å². The van der Waals surface area contributed by atoms with E-state index >= 15 is 0 Å². The highest BCUT2D eigenvalue weighted by molar-refractivity contribution is 6.63. The van der Waals surface area contributed by atoms with Gasteiger partial charge in [0.25, 0.3) is 0 Å². The summed E-state index contributed by atoms with van der Waals surface area (Å²) in [4.78, 5) is 0. The van der Waals surface area contributed by atoms with Gasteiger partial charge >= 0.3 is 17.6 Å². The minimum absolute atomic E-state index is 0.285. The second-order valence-electron chi connectivity index (χ2n) is 7.23. The van der Waals surface area contributed by atoms with Gasteiger partial charge in [0.1, 0.15) is 0 Å². The number of nitriles is 1. The Morgan fingerprint density at radius 3 is 1.64 bits per heavy atom. The minimum Gasteiger partial charge on any atom is -0.374 e. The molecule has 0 heterocycles. The second-order valence-corrected chi connectivity index (χ2v) is 12.7. The van der Waals surface area contributed by atoms with E-state index in [1.165, 1.54) is 5.57 Å². The van der Waals surface area contributed by atoms with Gasteiger partial charge in [-0.25, -0.2) is 0 Å². The molecule has 0 aliphatic heterocycles. The summed E-state index contributed by atoms with van der Waals surface area (Å²) in [5, 5.41) is 8.50. The van der Waals surface area contributed by atoms with Gasteiger partial charge in [-0.05, 0) is 60.8 Å². The predicted molar refractivity (Wildman–Crippen MR) is 137 cm³/mol. The van der Waals surface area contributed by atoms with E-state index in [-0.39, 0.29) is 5.54 Å². The molecule has 7 nitrogen and oxygen atoms in total. The molecule has 0 N–H and O–H groups in total. The van der Waals surface area contributed by atoms with Gasteiger partial charge in [0.2, 0.25) is 0 Å². The van der Waals surface area contributed by atoms with E-state index in [0.717, 1.165) is 25.3 Å². The number of rotatable bonds is 18. The maximum atomic E-state index is 8.50. The summed E-state index contributed by atoms with van der Waals surface area (Å²) < 4.78 is 34.9. The van der Waals surface area contributed by atoms with Crippen molar-refractivity contribution >= 4 is 17.6 Å². The summed E-state index contributed by atoms with van der Waals surface area (Å²) in [6.45, 7) is 17.7. The van der Waals surface area contributed by atoms with Crippen molar-refractivity contribution in [2.45, 2.75) is 85.7 Å². The van der Waals surface area contributed by atoms with E-state index in [4.69, 9.17) is 31.8 Å². The van der Waals surface area contributed by atoms with Gasteiger partial charge in [0, 0.05) is 52.1 Å². The molecule has 0 aromatic heterocycles. The first-order chi connectivity index (χ1) is 16.0. The second kappa shape index (κ2) is 19.5. The van der Waals surface area contributed by atoms with Crippen molar-refractivity contribution in [3.63, 3.8) is 0 Å². The van der Waals surface area contributed by atoms with Crippen LogP contribution in [0, 0.1) is 11.3 Å². The fraction of sp³-hybridized carbons (Fsp3) is 0.792. The maximum Gasteiger partial charge on any atom is 0.508 e. The molecule has 0 spiro atoms. The van der Waals surface area contributed by atoms with Crippen molar-refractivity contribution < 1.29 is 26.6 Å². The van der Waals surface area contributed by atoms with Gasteiger partial charge in [-0.2, -0.15) is 5.26 Å². The molecule has 192 valence electrons. The van der Waals surface area contributed by atoms with E-state index in [1.807, 2.05) is 41.5 Å². The number of unbranched alkanes of at least 4 members (excludes halogenated alkanes) is 1. The molecule has 0 aromatic rings. The lowest BCUT2D eigenvalue weighted by Crippen LogP contribution is -2.50. The summed E-state index contributed by atoms with van der Waals surface area (Å²) in [7, 11) is -5.08. The highest BCUT2D eigenvalue weighted by atomic mass is 28.4. The molecular weight excluding hydrogens is 454 g/mol. The van der Waals surface area contributed by atoms with Crippen molar-refractivity contribution in [1.29, 1.82) is 5.26 Å². The average Bonchev–Trinajstić information content (AvgIpc) is 3.30. The van der Waals surface area contributed by atoms with Crippen molar-refractivity contribution in [3.05, 3.63) is 23.8 Å². The molecule has 0 aromatic carbocycles. The molecule has 33 heavy (non-hydrogen) atoms. The van der Waals surface area contributed by atoms with Gasteiger partial charge in [0.05, 0.1) is 11.6 Å². The minimum atomic E-state index is -2.60. The van der Waals surface area contributed by atoms with Crippen LogP contribution < -0.4 is 0 Å². The summed E-state index contributed by atoms with van der Waals surface area (Å²) in [6.07, 6.45) is 9.79. The Bertz CT molecular complexity index is 560. The van der Waals surface area contributed by atoms with Gasteiger partial charge in [-0.1, -0.05) is 30.7 Å². The molecule has 1 aliphatic carbocycles. The largest absolute Gasteiger partial charge is 0.508 e. The normalized spacial score (nSPS) is 14.4. The molecule has 0 amide bonds. The fourth-order valence-electron chi connectivity index (χ4n) is 3.88. The van der Waals surface area contributed by atoms with Crippen LogP contribution in [0.15, 0.2) is 23.8 Å². The molecule has 1 atom stereocenters. The topological polar surface area (TPSA) is 79.2 Å². The van der Waals surface area contributed by atoms with Crippen LogP contribution in [0.4, 0.5) is 0 Å². The highest BCUT2D eigenvalue weighted by Crippen LogP contribution is 2.38. The molecular formula is C24H47NO6Si2. The molecule has 0 radical (unpaired) electrons. The Hall–Kier alpha value is -0.836. The molecule has 1 rings (SSSR count). The van der Waals surface area contributed by atoms with Crippen molar-refractivity contribution in [2.75, 3.05) is 39.6 Å². The van der Waals surface area contributed by atoms with Gasteiger partial charge in [-0.3, -0.25) is 0 Å². The Balaban J connectivity index is 0.000000633. The van der Waals surface area contributed by atoms with Crippen molar-refractivity contribution in [1.82, 2.24) is 0 Å². The van der Waals surface area contributed by atoms with Gasteiger partial charge < -0.3 is 26.6 Å². The van der Waals surface area contributed by atoms with Crippen molar-refractivity contribution in [3.8, 4) is 6.07 Å². The Labute approximate surface area is 204 Å².